The van der Waals surface area contributed by atoms with Crippen molar-refractivity contribution in [2.75, 3.05) is 6.61 Å². The van der Waals surface area contributed by atoms with E-state index in [0.29, 0.717) is 17.4 Å². The molecule has 0 bridgehead atoms. The molecule has 1 rings (SSSR count). The maximum absolute atomic E-state index is 10.4. The van der Waals surface area contributed by atoms with Crippen LogP contribution in [-0.2, 0) is 4.74 Å². The number of aryl methyl sites for hydroxylation is 1. The predicted octanol–water partition coefficient (Wildman–Crippen LogP) is 2.27. The molecule has 0 unspecified atom stereocenters. The lowest BCUT2D eigenvalue weighted by Gasteiger charge is -2.03. The van der Waals surface area contributed by atoms with E-state index in [2.05, 4.69) is 11.6 Å². The van der Waals surface area contributed by atoms with Gasteiger partial charge in [0, 0.05) is 0 Å². The minimum atomic E-state index is 0.466. The molecule has 1 heterocycles. The number of ether oxygens (including phenoxy) is 1. The van der Waals surface area contributed by atoms with E-state index in [1.54, 1.807) is 0 Å². The molecule has 3 nitrogen and oxygen atoms in total. The summed E-state index contributed by atoms with van der Waals surface area (Å²) in [5.74, 6) is 0.589. The van der Waals surface area contributed by atoms with E-state index in [1.165, 1.54) is 11.3 Å². The van der Waals surface area contributed by atoms with E-state index in [9.17, 15) is 4.79 Å². The second kappa shape index (κ2) is 4.18. The molecule has 0 amide bonds. The third-order valence-electron chi connectivity index (χ3n) is 1.49. The van der Waals surface area contributed by atoms with Crippen LogP contribution in [0.1, 0.15) is 27.3 Å². The monoisotopic (exact) mass is 197 g/mol. The molecular formula is C9H11NO2S. The van der Waals surface area contributed by atoms with Crippen molar-refractivity contribution in [1.29, 1.82) is 0 Å². The maximum atomic E-state index is 10.4. The summed E-state index contributed by atoms with van der Waals surface area (Å²) < 4.78 is 5.23. The zero-order valence-corrected chi connectivity index (χ0v) is 8.48. The summed E-state index contributed by atoms with van der Waals surface area (Å²) in [6.07, 6.45) is 0.737. The molecule has 0 saturated carbocycles. The first-order chi connectivity index (χ1) is 6.19. The Balaban J connectivity index is 2.93. The van der Waals surface area contributed by atoms with E-state index >= 15 is 0 Å². The smallest absolute Gasteiger partial charge is 0.178 e. The molecule has 0 aliphatic heterocycles. The van der Waals surface area contributed by atoms with Gasteiger partial charge in [-0.05, 0) is 13.8 Å². The van der Waals surface area contributed by atoms with Gasteiger partial charge in [0.2, 0.25) is 0 Å². The number of hydrogen-bond acceptors (Lipinski definition) is 4. The van der Waals surface area contributed by atoms with Gasteiger partial charge in [-0.15, -0.1) is 11.3 Å². The molecular weight excluding hydrogens is 186 g/mol. The van der Waals surface area contributed by atoms with Crippen molar-refractivity contribution >= 4 is 23.4 Å². The lowest BCUT2D eigenvalue weighted by molar-refractivity contribution is 0.112. The number of thiazole rings is 1. The fourth-order valence-electron chi connectivity index (χ4n) is 0.966. The molecule has 0 aromatic carbocycles. The van der Waals surface area contributed by atoms with Crippen molar-refractivity contribution in [1.82, 2.24) is 4.98 Å². The number of rotatable bonds is 4. The Bertz CT molecular complexity index is 330. The van der Waals surface area contributed by atoms with Gasteiger partial charge in [0.15, 0.2) is 11.3 Å². The van der Waals surface area contributed by atoms with Crippen molar-refractivity contribution in [2.45, 2.75) is 13.8 Å². The highest BCUT2D eigenvalue weighted by Crippen LogP contribution is 2.24. The highest BCUT2D eigenvalue weighted by Gasteiger charge is 2.10. The first kappa shape index (κ1) is 9.92. The van der Waals surface area contributed by atoms with E-state index in [0.717, 1.165) is 16.9 Å². The summed E-state index contributed by atoms with van der Waals surface area (Å²) in [7, 11) is 0. The number of carbonyl (C=O) groups is 1. The number of carbonyl (C=O) groups excluding carboxylic acids is 1. The number of aldehydes is 1. The first-order valence-corrected chi connectivity index (χ1v) is 4.75. The minimum Gasteiger partial charge on any atom is -0.493 e. The Hall–Kier alpha value is -1.16. The molecule has 0 fully saturated rings. The summed E-state index contributed by atoms with van der Waals surface area (Å²) in [6, 6.07) is 0. The summed E-state index contributed by atoms with van der Waals surface area (Å²) in [6.45, 7) is 8.06. The van der Waals surface area contributed by atoms with Crippen LogP contribution in [0.15, 0.2) is 6.58 Å². The van der Waals surface area contributed by atoms with Gasteiger partial charge >= 0.3 is 0 Å². The average molecular weight is 197 g/mol. The van der Waals surface area contributed by atoms with Gasteiger partial charge in [-0.25, -0.2) is 4.98 Å². The van der Waals surface area contributed by atoms with E-state index in [-0.39, 0.29) is 0 Å². The zero-order valence-electron chi connectivity index (χ0n) is 7.66. The number of aromatic nitrogens is 1. The molecule has 1 aromatic rings. The molecule has 0 N–H and O–H groups in total. The molecule has 0 saturated heterocycles. The van der Waals surface area contributed by atoms with Gasteiger partial charge in [-0.2, -0.15) is 0 Å². The van der Waals surface area contributed by atoms with E-state index in [4.69, 9.17) is 4.74 Å². The highest BCUT2D eigenvalue weighted by atomic mass is 32.1. The summed E-state index contributed by atoms with van der Waals surface area (Å²) in [5, 5.41) is 0.466. The fraction of sp³-hybridized carbons (Fsp3) is 0.333. The van der Waals surface area contributed by atoms with Crippen LogP contribution in [0.4, 0.5) is 0 Å². The molecule has 0 spiro atoms. The molecule has 0 aliphatic rings. The fourth-order valence-corrected chi connectivity index (χ4v) is 1.77. The molecule has 1 aromatic heterocycles. The normalized spacial score (nSPS) is 9.69. The molecule has 0 atom stereocenters. The Kier molecular flexibility index (Phi) is 3.19. The standard InChI is InChI=1S/C9H11NO2S/c1-4-12-7(3)9-6(2)10-8(5-11)13-9/h5H,3-4H2,1-2H3. The van der Waals surface area contributed by atoms with Crippen molar-refractivity contribution in [3.05, 3.63) is 22.2 Å². The summed E-state index contributed by atoms with van der Waals surface area (Å²) in [4.78, 5) is 15.3. The SMILES string of the molecule is C=C(OCC)c1sc(C=O)nc1C. The van der Waals surface area contributed by atoms with Gasteiger partial charge in [0.25, 0.3) is 0 Å². The topological polar surface area (TPSA) is 39.2 Å². The van der Waals surface area contributed by atoms with Crippen LogP contribution < -0.4 is 0 Å². The van der Waals surface area contributed by atoms with Crippen molar-refractivity contribution in [3.63, 3.8) is 0 Å². The van der Waals surface area contributed by atoms with Gasteiger partial charge in [-0.3, -0.25) is 4.79 Å². The van der Waals surface area contributed by atoms with Crippen LogP contribution in [0.5, 0.6) is 0 Å². The summed E-state index contributed by atoms with van der Waals surface area (Å²) in [5.41, 5.74) is 0.797. The predicted molar refractivity (Wildman–Crippen MR) is 52.9 cm³/mol. The van der Waals surface area contributed by atoms with Crippen LogP contribution in [0.25, 0.3) is 5.76 Å². The second-order valence-electron chi connectivity index (χ2n) is 2.44. The number of hydrogen-bond donors (Lipinski definition) is 0. The van der Waals surface area contributed by atoms with Crippen molar-refractivity contribution < 1.29 is 9.53 Å². The lowest BCUT2D eigenvalue weighted by Crippen LogP contribution is -1.88. The zero-order chi connectivity index (χ0) is 9.84. The summed E-state index contributed by atoms with van der Waals surface area (Å²) >= 11 is 1.30. The van der Waals surface area contributed by atoms with Crippen LogP contribution in [0.2, 0.25) is 0 Å². The Labute approximate surface area is 81.1 Å². The van der Waals surface area contributed by atoms with Gasteiger partial charge in [-0.1, -0.05) is 6.58 Å². The second-order valence-corrected chi connectivity index (χ2v) is 3.47. The van der Waals surface area contributed by atoms with E-state index in [1.807, 2.05) is 13.8 Å². The highest BCUT2D eigenvalue weighted by molar-refractivity contribution is 7.14. The molecule has 0 radical (unpaired) electrons. The van der Waals surface area contributed by atoms with Crippen molar-refractivity contribution in [2.24, 2.45) is 0 Å². The first-order valence-electron chi connectivity index (χ1n) is 3.93. The molecule has 70 valence electrons. The Morgan fingerprint density at radius 2 is 2.46 bits per heavy atom. The van der Waals surface area contributed by atoms with Gasteiger partial charge < -0.3 is 4.74 Å². The van der Waals surface area contributed by atoms with Crippen LogP contribution in [0, 0.1) is 6.92 Å². The lowest BCUT2D eigenvalue weighted by atomic mass is 10.3. The van der Waals surface area contributed by atoms with Crippen molar-refractivity contribution in [3.8, 4) is 0 Å². The quantitative estimate of drug-likeness (QED) is 0.549. The van der Waals surface area contributed by atoms with E-state index < -0.39 is 0 Å². The Morgan fingerprint density at radius 1 is 1.77 bits per heavy atom. The van der Waals surface area contributed by atoms with Crippen LogP contribution in [-0.4, -0.2) is 17.9 Å². The van der Waals surface area contributed by atoms with Crippen LogP contribution in [0.3, 0.4) is 0 Å². The molecule has 4 heteroatoms. The van der Waals surface area contributed by atoms with Gasteiger partial charge in [0.05, 0.1) is 17.2 Å². The largest absolute Gasteiger partial charge is 0.493 e. The third kappa shape index (κ3) is 2.15. The van der Waals surface area contributed by atoms with Gasteiger partial charge in [0.1, 0.15) is 5.76 Å². The third-order valence-corrected chi connectivity index (χ3v) is 2.61. The Morgan fingerprint density at radius 3 is 2.92 bits per heavy atom. The molecule has 13 heavy (non-hydrogen) atoms. The number of nitrogens with zero attached hydrogens (tertiary/aromatic N) is 1. The minimum absolute atomic E-state index is 0.466. The van der Waals surface area contributed by atoms with Crippen LogP contribution >= 0.6 is 11.3 Å². The average Bonchev–Trinajstić information content (AvgIpc) is 2.47. The maximum Gasteiger partial charge on any atom is 0.178 e. The molecule has 0 aliphatic carbocycles.